The first kappa shape index (κ1) is 29.2. The first-order valence-corrected chi connectivity index (χ1v) is 16.5. The van der Waals surface area contributed by atoms with Crippen molar-refractivity contribution >= 4 is 11.0 Å². The van der Waals surface area contributed by atoms with Crippen molar-refractivity contribution < 1.29 is 0 Å². The number of nitrogens with zero attached hydrogens (tertiary/aromatic N) is 5. The summed E-state index contributed by atoms with van der Waals surface area (Å²) in [4.78, 5) is 22.4. The molecular weight excluding hydrogens is 613 g/mol. The number of fused-ring (bicyclic) bond motifs is 1. The van der Waals surface area contributed by atoms with Crippen molar-refractivity contribution in [3.05, 3.63) is 176 Å². The third kappa shape index (κ3) is 5.55. The third-order valence-electron chi connectivity index (χ3n) is 8.96. The molecule has 9 aromatic rings. The summed E-state index contributed by atoms with van der Waals surface area (Å²) < 4.78 is 2.23. The van der Waals surface area contributed by atoms with Gasteiger partial charge >= 0.3 is 0 Å². The second-order valence-corrected chi connectivity index (χ2v) is 12.1. The van der Waals surface area contributed by atoms with Crippen LogP contribution in [-0.4, -0.2) is 29.5 Å². The molecule has 0 saturated heterocycles. The number of hydrogen-bond acceptors (Lipinski definition) is 4. The lowest BCUT2D eigenvalue weighted by atomic mass is 9.99. The minimum absolute atomic E-state index is 0.596. The highest BCUT2D eigenvalue weighted by Gasteiger charge is 2.15. The largest absolute Gasteiger partial charge is 0.342 e. The van der Waals surface area contributed by atoms with Crippen LogP contribution >= 0.6 is 0 Å². The first-order chi connectivity index (χ1) is 24.8. The average molecular weight is 643 g/mol. The maximum absolute atomic E-state index is 5.04. The zero-order valence-electron chi connectivity index (χ0n) is 27.0. The average Bonchev–Trinajstić information content (AvgIpc) is 3.88. The van der Waals surface area contributed by atoms with Gasteiger partial charge in [0, 0.05) is 22.4 Å². The summed E-state index contributed by atoms with van der Waals surface area (Å²) in [7, 11) is 0. The maximum atomic E-state index is 5.04. The fraction of sp³-hybridized carbons (Fsp3) is 0. The minimum Gasteiger partial charge on any atom is -0.342 e. The number of benzene rings is 6. The molecule has 0 amide bonds. The quantitative estimate of drug-likeness (QED) is 0.188. The van der Waals surface area contributed by atoms with Crippen molar-refractivity contribution in [2.45, 2.75) is 0 Å². The number of aromatic amines is 1. The second kappa shape index (κ2) is 12.6. The maximum Gasteiger partial charge on any atom is 0.178 e. The molecule has 6 nitrogen and oxygen atoms in total. The van der Waals surface area contributed by atoms with E-state index in [-0.39, 0.29) is 0 Å². The summed E-state index contributed by atoms with van der Waals surface area (Å²) in [5.41, 5.74) is 13.2. The van der Waals surface area contributed by atoms with Crippen LogP contribution < -0.4 is 0 Å². The Balaban J connectivity index is 1.07. The van der Waals surface area contributed by atoms with Crippen molar-refractivity contribution in [2.75, 3.05) is 0 Å². The number of aromatic nitrogens is 6. The lowest BCUT2D eigenvalue weighted by molar-refractivity contribution is 1.10. The van der Waals surface area contributed by atoms with E-state index >= 15 is 0 Å². The molecule has 0 unspecified atom stereocenters. The van der Waals surface area contributed by atoms with Gasteiger partial charge in [0.15, 0.2) is 5.82 Å². The van der Waals surface area contributed by atoms with Gasteiger partial charge < -0.3 is 4.98 Å². The van der Waals surface area contributed by atoms with Gasteiger partial charge in [0.25, 0.3) is 0 Å². The van der Waals surface area contributed by atoms with Crippen LogP contribution in [0.25, 0.3) is 84.4 Å². The summed E-state index contributed by atoms with van der Waals surface area (Å²) >= 11 is 0. The lowest BCUT2D eigenvalue weighted by Gasteiger charge is -2.11. The van der Waals surface area contributed by atoms with Gasteiger partial charge in [-0.2, -0.15) is 0 Å². The van der Waals surface area contributed by atoms with Gasteiger partial charge in [-0.1, -0.05) is 127 Å². The van der Waals surface area contributed by atoms with Crippen molar-refractivity contribution in [1.82, 2.24) is 29.5 Å². The van der Waals surface area contributed by atoms with Gasteiger partial charge in [-0.05, 0) is 58.7 Å². The molecule has 0 radical (unpaired) electrons. The number of H-pyrrole nitrogens is 1. The Hall–Kier alpha value is -6.92. The highest BCUT2D eigenvalue weighted by atomic mass is 15.1. The summed E-state index contributed by atoms with van der Waals surface area (Å²) in [5.74, 6) is 1.51. The number of imidazole rings is 2. The summed E-state index contributed by atoms with van der Waals surface area (Å²) in [6.45, 7) is 0. The van der Waals surface area contributed by atoms with Crippen LogP contribution in [0.1, 0.15) is 0 Å². The van der Waals surface area contributed by atoms with Crippen LogP contribution in [-0.2, 0) is 0 Å². The number of hydrogen-bond donors (Lipinski definition) is 1. The van der Waals surface area contributed by atoms with Crippen LogP contribution in [0.2, 0.25) is 0 Å². The molecule has 0 aliphatic carbocycles. The Morgan fingerprint density at radius 1 is 0.440 bits per heavy atom. The van der Waals surface area contributed by atoms with Gasteiger partial charge in [0.05, 0.1) is 34.9 Å². The molecule has 236 valence electrons. The standard InChI is InChI=1S/C44H30N6/c1-3-10-30(11-4-1)31-18-22-33(23-19-31)39-27-40(48-43(47-39)41-28-45-29-46-41)36-13-9-12-35(26-36)32-20-24-34(25-21-32)44-49-38-16-7-8-17-42(38)50(44)37-14-5-2-6-15-37/h1-29H,(H,45,46). The molecular formula is C44H30N6. The zero-order chi connectivity index (χ0) is 33.3. The molecule has 0 spiro atoms. The fourth-order valence-corrected chi connectivity index (χ4v) is 6.43. The number of nitrogens with one attached hydrogen (secondary N) is 1. The van der Waals surface area contributed by atoms with Crippen LogP contribution in [0.4, 0.5) is 0 Å². The van der Waals surface area contributed by atoms with Crippen LogP contribution in [0, 0.1) is 0 Å². The molecule has 0 fully saturated rings. The fourth-order valence-electron chi connectivity index (χ4n) is 6.43. The number of rotatable bonds is 7. The molecule has 50 heavy (non-hydrogen) atoms. The Kier molecular flexibility index (Phi) is 7.37. The van der Waals surface area contributed by atoms with E-state index in [1.807, 2.05) is 18.2 Å². The molecule has 0 atom stereocenters. The second-order valence-electron chi connectivity index (χ2n) is 12.1. The monoisotopic (exact) mass is 642 g/mol. The Morgan fingerprint density at radius 2 is 1.02 bits per heavy atom. The van der Waals surface area contributed by atoms with E-state index < -0.39 is 0 Å². The molecule has 3 heterocycles. The predicted molar refractivity (Wildman–Crippen MR) is 201 cm³/mol. The normalized spacial score (nSPS) is 11.2. The van der Waals surface area contributed by atoms with E-state index in [0.29, 0.717) is 5.82 Å². The first-order valence-electron chi connectivity index (χ1n) is 16.5. The van der Waals surface area contributed by atoms with Crippen molar-refractivity contribution in [2.24, 2.45) is 0 Å². The molecule has 0 aliphatic heterocycles. The highest BCUT2D eigenvalue weighted by Crippen LogP contribution is 2.33. The van der Waals surface area contributed by atoms with Crippen LogP contribution in [0.15, 0.2) is 176 Å². The van der Waals surface area contributed by atoms with E-state index in [4.69, 9.17) is 15.0 Å². The van der Waals surface area contributed by atoms with E-state index in [2.05, 4.69) is 160 Å². The van der Waals surface area contributed by atoms with Gasteiger partial charge in [-0.25, -0.2) is 19.9 Å². The molecule has 9 rings (SSSR count). The van der Waals surface area contributed by atoms with E-state index in [0.717, 1.165) is 73.0 Å². The zero-order valence-corrected chi connectivity index (χ0v) is 27.0. The van der Waals surface area contributed by atoms with Crippen LogP contribution in [0.3, 0.4) is 0 Å². The third-order valence-corrected chi connectivity index (χ3v) is 8.96. The van der Waals surface area contributed by atoms with Gasteiger partial charge in [-0.3, -0.25) is 4.57 Å². The molecule has 6 aromatic carbocycles. The van der Waals surface area contributed by atoms with Crippen molar-refractivity contribution in [3.63, 3.8) is 0 Å². The summed E-state index contributed by atoms with van der Waals surface area (Å²) in [6, 6.07) is 56.8. The number of para-hydroxylation sites is 3. The Labute approximate surface area is 289 Å². The summed E-state index contributed by atoms with van der Waals surface area (Å²) in [5, 5.41) is 0. The predicted octanol–water partition coefficient (Wildman–Crippen LogP) is 10.5. The summed E-state index contributed by atoms with van der Waals surface area (Å²) in [6.07, 6.45) is 3.41. The van der Waals surface area contributed by atoms with Crippen molar-refractivity contribution in [1.29, 1.82) is 0 Å². The molecule has 0 aliphatic rings. The van der Waals surface area contributed by atoms with E-state index in [9.17, 15) is 0 Å². The topological polar surface area (TPSA) is 72.3 Å². The van der Waals surface area contributed by atoms with Gasteiger partial charge in [-0.15, -0.1) is 0 Å². The molecule has 1 N–H and O–H groups in total. The Morgan fingerprint density at radius 3 is 1.76 bits per heavy atom. The van der Waals surface area contributed by atoms with Gasteiger partial charge in [0.2, 0.25) is 0 Å². The molecule has 3 aromatic heterocycles. The van der Waals surface area contributed by atoms with Crippen molar-refractivity contribution in [3.8, 4) is 73.4 Å². The minimum atomic E-state index is 0.596. The SMILES string of the molecule is c1ccc(-c2ccc(-c3cc(-c4cccc(-c5ccc(-c6nc7ccccc7n6-c6ccccc6)cc5)c4)nc(-c4cnc[nH]4)n3)cc2)cc1. The molecule has 0 saturated carbocycles. The van der Waals surface area contributed by atoms with Crippen LogP contribution in [0.5, 0.6) is 0 Å². The molecule has 0 bridgehead atoms. The smallest absolute Gasteiger partial charge is 0.178 e. The lowest BCUT2D eigenvalue weighted by Crippen LogP contribution is -1.97. The highest BCUT2D eigenvalue weighted by molar-refractivity contribution is 5.84. The Bertz CT molecular complexity index is 2550. The van der Waals surface area contributed by atoms with E-state index in [1.54, 1.807) is 12.5 Å². The van der Waals surface area contributed by atoms with Gasteiger partial charge in [0.1, 0.15) is 11.5 Å². The van der Waals surface area contributed by atoms with E-state index in [1.165, 1.54) is 5.56 Å². The molecule has 6 heteroatoms.